The van der Waals surface area contributed by atoms with Crippen molar-refractivity contribution in [2.24, 2.45) is 0 Å². The predicted octanol–water partition coefficient (Wildman–Crippen LogP) is 0.685. The Morgan fingerprint density at radius 3 is 1.71 bits per heavy atom. The summed E-state index contributed by atoms with van der Waals surface area (Å²) in [4.78, 5) is 0. The van der Waals surface area contributed by atoms with E-state index in [1.807, 2.05) is 14.1 Å². The highest BCUT2D eigenvalue weighted by Crippen LogP contribution is 2.23. The molecule has 1 aliphatic rings. The minimum absolute atomic E-state index is 0.268. The van der Waals surface area contributed by atoms with Gasteiger partial charge < -0.3 is 9.47 Å². The van der Waals surface area contributed by atoms with E-state index in [1.54, 1.807) is 0 Å². The Kier molecular flexibility index (Phi) is 6.10. The Morgan fingerprint density at radius 2 is 1.36 bits per heavy atom. The molecule has 1 saturated carbocycles. The summed E-state index contributed by atoms with van der Waals surface area (Å²) in [6, 6.07) is 0. The summed E-state index contributed by atoms with van der Waals surface area (Å²) in [6.45, 7) is 1.23. The zero-order chi connectivity index (χ0) is 10.2. The van der Waals surface area contributed by atoms with Gasteiger partial charge in [0.25, 0.3) is 0 Å². The zero-order valence-corrected chi connectivity index (χ0v) is 9.21. The lowest BCUT2D eigenvalue weighted by Crippen LogP contribution is -2.38. The number of hydrogen-bond donors (Lipinski definition) is 2. The van der Waals surface area contributed by atoms with Gasteiger partial charge in [0.2, 0.25) is 0 Å². The first-order valence-electron chi connectivity index (χ1n) is 5.41. The van der Waals surface area contributed by atoms with E-state index in [2.05, 4.69) is 10.6 Å². The molecule has 84 valence electrons. The summed E-state index contributed by atoms with van der Waals surface area (Å²) in [6.07, 6.45) is 5.29. The molecule has 0 saturated heterocycles. The molecule has 0 radical (unpaired) electrons. The first-order chi connectivity index (χ1) is 6.88. The van der Waals surface area contributed by atoms with Crippen LogP contribution in [0.15, 0.2) is 0 Å². The molecule has 1 aliphatic carbocycles. The van der Waals surface area contributed by atoms with Crippen LogP contribution in [-0.2, 0) is 9.47 Å². The van der Waals surface area contributed by atoms with Gasteiger partial charge in [-0.1, -0.05) is 12.8 Å². The lowest BCUT2D eigenvalue weighted by molar-refractivity contribution is -0.0980. The Hall–Kier alpha value is -0.160. The molecule has 0 spiro atoms. The van der Waals surface area contributed by atoms with E-state index in [4.69, 9.17) is 9.47 Å². The normalized spacial score (nSPS) is 27.9. The third-order valence-electron chi connectivity index (χ3n) is 2.53. The molecule has 0 aromatic carbocycles. The van der Waals surface area contributed by atoms with Gasteiger partial charge in [0.15, 0.2) is 0 Å². The topological polar surface area (TPSA) is 42.5 Å². The highest BCUT2D eigenvalue weighted by atomic mass is 16.5. The van der Waals surface area contributed by atoms with Crippen molar-refractivity contribution in [2.75, 3.05) is 27.6 Å². The second-order valence-electron chi connectivity index (χ2n) is 3.69. The molecule has 0 aromatic heterocycles. The molecule has 4 heteroatoms. The fourth-order valence-corrected chi connectivity index (χ4v) is 1.82. The van der Waals surface area contributed by atoms with Crippen LogP contribution in [0.2, 0.25) is 0 Å². The van der Waals surface area contributed by atoms with E-state index in [-0.39, 0.29) is 12.2 Å². The molecular formula is C10H22N2O2. The van der Waals surface area contributed by atoms with Gasteiger partial charge in [-0.15, -0.1) is 0 Å². The third kappa shape index (κ3) is 3.92. The average Bonchev–Trinajstić information content (AvgIpc) is 2.24. The van der Waals surface area contributed by atoms with Crippen LogP contribution in [0.1, 0.15) is 25.7 Å². The van der Waals surface area contributed by atoms with E-state index < -0.39 is 0 Å². The predicted molar refractivity (Wildman–Crippen MR) is 56.1 cm³/mol. The Bertz CT molecular complexity index is 128. The maximum Gasteiger partial charge on any atom is 0.0967 e. The Morgan fingerprint density at radius 1 is 0.929 bits per heavy atom. The Labute approximate surface area is 86.3 Å². The van der Waals surface area contributed by atoms with Crippen LogP contribution in [0.5, 0.6) is 0 Å². The van der Waals surface area contributed by atoms with Gasteiger partial charge in [0.1, 0.15) is 0 Å². The molecule has 1 rings (SSSR count). The van der Waals surface area contributed by atoms with Crippen LogP contribution in [-0.4, -0.2) is 39.8 Å². The van der Waals surface area contributed by atoms with E-state index >= 15 is 0 Å². The zero-order valence-electron chi connectivity index (χ0n) is 9.21. The summed E-state index contributed by atoms with van der Waals surface area (Å²) in [7, 11) is 3.79. The third-order valence-corrected chi connectivity index (χ3v) is 2.53. The summed E-state index contributed by atoms with van der Waals surface area (Å²) >= 11 is 0. The fraction of sp³-hybridized carbons (Fsp3) is 1.00. The maximum absolute atomic E-state index is 5.68. The van der Waals surface area contributed by atoms with Gasteiger partial charge in [-0.3, -0.25) is 10.6 Å². The quantitative estimate of drug-likeness (QED) is 0.622. The average molecular weight is 202 g/mol. The smallest absolute Gasteiger partial charge is 0.0967 e. The number of rotatable bonds is 6. The van der Waals surface area contributed by atoms with E-state index in [0.717, 1.165) is 12.8 Å². The molecule has 2 atom stereocenters. The first-order valence-corrected chi connectivity index (χ1v) is 5.41. The molecule has 14 heavy (non-hydrogen) atoms. The summed E-state index contributed by atoms with van der Waals surface area (Å²) < 4.78 is 11.4. The molecule has 0 heterocycles. The van der Waals surface area contributed by atoms with E-state index in [0.29, 0.717) is 13.5 Å². The van der Waals surface area contributed by atoms with Crippen molar-refractivity contribution >= 4 is 0 Å². The van der Waals surface area contributed by atoms with Gasteiger partial charge in [0.05, 0.1) is 25.7 Å². The molecule has 0 amide bonds. The summed E-state index contributed by atoms with van der Waals surface area (Å²) in [5, 5.41) is 6.00. The van der Waals surface area contributed by atoms with Gasteiger partial charge >= 0.3 is 0 Å². The van der Waals surface area contributed by atoms with Gasteiger partial charge in [0, 0.05) is 0 Å². The monoisotopic (exact) mass is 202 g/mol. The second kappa shape index (κ2) is 7.17. The van der Waals surface area contributed by atoms with Crippen LogP contribution >= 0.6 is 0 Å². The van der Waals surface area contributed by atoms with Crippen LogP contribution in [0.3, 0.4) is 0 Å². The molecule has 0 aliphatic heterocycles. The SMILES string of the molecule is CNCOC1CCCCC1OCNC. The fourth-order valence-electron chi connectivity index (χ4n) is 1.82. The second-order valence-corrected chi connectivity index (χ2v) is 3.69. The summed E-state index contributed by atoms with van der Waals surface area (Å²) in [5.41, 5.74) is 0. The van der Waals surface area contributed by atoms with Crippen molar-refractivity contribution < 1.29 is 9.47 Å². The van der Waals surface area contributed by atoms with Crippen LogP contribution in [0.25, 0.3) is 0 Å². The maximum atomic E-state index is 5.68. The minimum atomic E-state index is 0.268. The molecule has 2 unspecified atom stereocenters. The molecule has 1 fully saturated rings. The van der Waals surface area contributed by atoms with E-state index in [1.165, 1.54) is 12.8 Å². The van der Waals surface area contributed by atoms with E-state index in [9.17, 15) is 0 Å². The molecule has 0 aromatic rings. The van der Waals surface area contributed by atoms with Gasteiger partial charge in [-0.2, -0.15) is 0 Å². The van der Waals surface area contributed by atoms with Crippen molar-refractivity contribution in [2.45, 2.75) is 37.9 Å². The van der Waals surface area contributed by atoms with Gasteiger partial charge in [-0.25, -0.2) is 0 Å². The lowest BCUT2D eigenvalue weighted by atomic mass is 9.95. The number of nitrogens with one attached hydrogen (secondary N) is 2. The summed E-state index contributed by atoms with van der Waals surface area (Å²) in [5.74, 6) is 0. The minimum Gasteiger partial charge on any atom is -0.360 e. The van der Waals surface area contributed by atoms with Crippen molar-refractivity contribution in [3.63, 3.8) is 0 Å². The lowest BCUT2D eigenvalue weighted by Gasteiger charge is -2.31. The van der Waals surface area contributed by atoms with Crippen LogP contribution < -0.4 is 10.6 Å². The van der Waals surface area contributed by atoms with Crippen molar-refractivity contribution in [1.82, 2.24) is 10.6 Å². The highest BCUT2D eigenvalue weighted by molar-refractivity contribution is 4.76. The van der Waals surface area contributed by atoms with Crippen LogP contribution in [0.4, 0.5) is 0 Å². The number of ether oxygens (including phenoxy) is 2. The standard InChI is InChI=1S/C10H22N2O2/c1-11-7-13-9-5-3-4-6-10(9)14-8-12-2/h9-12H,3-8H2,1-2H3. The molecule has 2 N–H and O–H groups in total. The molecule has 0 bridgehead atoms. The first kappa shape index (κ1) is 11.9. The molecular weight excluding hydrogens is 180 g/mol. The Balaban J connectivity index is 2.26. The van der Waals surface area contributed by atoms with Crippen LogP contribution in [0, 0.1) is 0 Å². The highest BCUT2D eigenvalue weighted by Gasteiger charge is 2.25. The van der Waals surface area contributed by atoms with Crippen molar-refractivity contribution in [3.05, 3.63) is 0 Å². The molecule has 4 nitrogen and oxygen atoms in total. The largest absolute Gasteiger partial charge is 0.360 e. The van der Waals surface area contributed by atoms with Gasteiger partial charge in [-0.05, 0) is 26.9 Å². The number of hydrogen-bond acceptors (Lipinski definition) is 4. The van der Waals surface area contributed by atoms with Crippen molar-refractivity contribution in [1.29, 1.82) is 0 Å². The van der Waals surface area contributed by atoms with Crippen molar-refractivity contribution in [3.8, 4) is 0 Å².